The Bertz CT molecular complexity index is 1080. The van der Waals surface area contributed by atoms with Crippen molar-refractivity contribution in [2.75, 3.05) is 12.3 Å². The molecule has 5 nitrogen and oxygen atoms in total. The minimum Gasteiger partial charge on any atom is -0.337 e. The fourth-order valence-electron chi connectivity index (χ4n) is 3.26. The molecular formula is C25H24N4OS. The van der Waals surface area contributed by atoms with Crippen molar-refractivity contribution in [1.29, 1.82) is 0 Å². The molecule has 0 aliphatic heterocycles. The van der Waals surface area contributed by atoms with Gasteiger partial charge < -0.3 is 4.90 Å². The summed E-state index contributed by atoms with van der Waals surface area (Å²) in [7, 11) is 0. The molecule has 4 rings (SSSR count). The van der Waals surface area contributed by atoms with Crippen molar-refractivity contribution in [3.63, 3.8) is 0 Å². The normalized spacial score (nSPS) is 10.7. The predicted octanol–water partition coefficient (Wildman–Crippen LogP) is 4.84. The lowest BCUT2D eigenvalue weighted by Crippen LogP contribution is -2.33. The van der Waals surface area contributed by atoms with E-state index in [0.717, 1.165) is 17.5 Å². The molecule has 3 aromatic carbocycles. The minimum atomic E-state index is 0.0795. The molecule has 0 atom stereocenters. The molecule has 31 heavy (non-hydrogen) atoms. The first-order valence-electron chi connectivity index (χ1n) is 10.2. The molecule has 0 saturated carbocycles. The molecule has 0 spiro atoms. The number of carbonyl (C=O) groups is 1. The quantitative estimate of drug-likeness (QED) is 0.388. The van der Waals surface area contributed by atoms with Crippen molar-refractivity contribution in [2.45, 2.75) is 18.1 Å². The van der Waals surface area contributed by atoms with Crippen LogP contribution in [0.3, 0.4) is 0 Å². The van der Waals surface area contributed by atoms with Crippen LogP contribution in [0.25, 0.3) is 11.4 Å². The summed E-state index contributed by atoms with van der Waals surface area (Å²) in [6.07, 6.45) is 0.822. The molecule has 1 heterocycles. The van der Waals surface area contributed by atoms with Gasteiger partial charge >= 0.3 is 0 Å². The number of hydrogen-bond donors (Lipinski definition) is 1. The van der Waals surface area contributed by atoms with E-state index in [2.05, 4.69) is 39.4 Å². The van der Waals surface area contributed by atoms with Crippen LogP contribution < -0.4 is 0 Å². The van der Waals surface area contributed by atoms with Crippen molar-refractivity contribution < 1.29 is 4.79 Å². The number of thioether (sulfide) groups is 1. The lowest BCUT2D eigenvalue weighted by molar-refractivity contribution is -0.128. The summed E-state index contributed by atoms with van der Waals surface area (Å²) in [5.41, 5.74) is 3.32. The van der Waals surface area contributed by atoms with Gasteiger partial charge in [-0.2, -0.15) is 0 Å². The van der Waals surface area contributed by atoms with Crippen molar-refractivity contribution in [2.24, 2.45) is 0 Å². The summed E-state index contributed by atoms with van der Waals surface area (Å²) < 4.78 is 0. The molecule has 156 valence electrons. The summed E-state index contributed by atoms with van der Waals surface area (Å²) in [5, 5.41) is 7.79. The molecule has 0 bridgehead atoms. The number of nitrogens with zero attached hydrogens (tertiary/aromatic N) is 3. The standard InChI is InChI=1S/C25H24N4OS/c30-23(19-31-25-26-24(27-28-25)22-14-8-3-9-15-22)29(18-21-12-6-2-7-13-21)17-16-20-10-4-1-5-11-20/h1-15H,16-19H2,(H,26,27,28). The second-order valence-corrected chi connectivity index (χ2v) is 8.10. The van der Waals surface area contributed by atoms with Gasteiger partial charge in [-0.25, -0.2) is 4.98 Å². The lowest BCUT2D eigenvalue weighted by atomic mass is 10.1. The average molecular weight is 429 g/mol. The highest BCUT2D eigenvalue weighted by atomic mass is 32.2. The minimum absolute atomic E-state index is 0.0795. The molecule has 0 saturated heterocycles. The first kappa shape index (κ1) is 20.9. The van der Waals surface area contributed by atoms with E-state index in [1.165, 1.54) is 17.3 Å². The lowest BCUT2D eigenvalue weighted by Gasteiger charge is -2.23. The van der Waals surface area contributed by atoms with Crippen molar-refractivity contribution >= 4 is 17.7 Å². The van der Waals surface area contributed by atoms with E-state index < -0.39 is 0 Å². The van der Waals surface area contributed by atoms with Gasteiger partial charge in [0.05, 0.1) is 5.75 Å². The van der Waals surface area contributed by atoms with Crippen LogP contribution in [0.15, 0.2) is 96.2 Å². The van der Waals surface area contributed by atoms with E-state index in [1.54, 1.807) is 0 Å². The van der Waals surface area contributed by atoms with E-state index in [1.807, 2.05) is 71.6 Å². The number of aromatic amines is 1. The largest absolute Gasteiger partial charge is 0.337 e. The number of benzene rings is 3. The molecular weight excluding hydrogens is 404 g/mol. The van der Waals surface area contributed by atoms with Gasteiger partial charge in [-0.15, -0.1) is 5.10 Å². The molecule has 4 aromatic rings. The first-order valence-corrected chi connectivity index (χ1v) is 11.2. The number of carbonyl (C=O) groups excluding carboxylic acids is 1. The van der Waals surface area contributed by atoms with Crippen LogP contribution in [0.2, 0.25) is 0 Å². The van der Waals surface area contributed by atoms with Gasteiger partial charge in [0.15, 0.2) is 5.82 Å². The van der Waals surface area contributed by atoms with Crippen LogP contribution in [0, 0.1) is 0 Å². The monoisotopic (exact) mass is 428 g/mol. The smallest absolute Gasteiger partial charge is 0.233 e. The van der Waals surface area contributed by atoms with E-state index in [0.29, 0.717) is 29.8 Å². The third kappa shape index (κ3) is 6.06. The first-order chi connectivity index (χ1) is 15.3. The molecule has 1 amide bonds. The Hall–Kier alpha value is -3.38. The molecule has 0 aliphatic rings. The summed E-state index contributed by atoms with van der Waals surface area (Å²) in [4.78, 5) is 19.5. The molecule has 1 aromatic heterocycles. The fourth-order valence-corrected chi connectivity index (χ4v) is 3.96. The van der Waals surface area contributed by atoms with Crippen molar-refractivity contribution in [3.8, 4) is 11.4 Å². The van der Waals surface area contributed by atoms with Crippen LogP contribution in [0.1, 0.15) is 11.1 Å². The Morgan fingerprint density at radius 1 is 0.839 bits per heavy atom. The summed E-state index contributed by atoms with van der Waals surface area (Å²) in [6, 6.07) is 30.2. The van der Waals surface area contributed by atoms with Crippen LogP contribution >= 0.6 is 11.8 Å². The number of rotatable bonds is 9. The maximum absolute atomic E-state index is 13.1. The van der Waals surface area contributed by atoms with Gasteiger partial charge in [0.1, 0.15) is 0 Å². The number of H-pyrrole nitrogens is 1. The Morgan fingerprint density at radius 2 is 1.45 bits per heavy atom. The van der Waals surface area contributed by atoms with Crippen LogP contribution in [0.4, 0.5) is 0 Å². The van der Waals surface area contributed by atoms with E-state index in [9.17, 15) is 4.79 Å². The SMILES string of the molecule is O=C(CSc1n[nH]c(-c2ccccc2)n1)N(CCc1ccccc1)Cc1ccccc1. The summed E-state index contributed by atoms with van der Waals surface area (Å²) in [5.74, 6) is 1.09. The summed E-state index contributed by atoms with van der Waals surface area (Å²) >= 11 is 1.36. The highest BCUT2D eigenvalue weighted by Crippen LogP contribution is 2.19. The average Bonchev–Trinajstić information content (AvgIpc) is 3.31. The third-order valence-electron chi connectivity index (χ3n) is 4.92. The Balaban J connectivity index is 1.39. The molecule has 0 radical (unpaired) electrons. The van der Waals surface area contributed by atoms with Gasteiger partial charge in [0.25, 0.3) is 0 Å². The maximum atomic E-state index is 13.1. The zero-order chi connectivity index (χ0) is 21.3. The Morgan fingerprint density at radius 3 is 2.13 bits per heavy atom. The Labute approximate surface area is 186 Å². The van der Waals surface area contributed by atoms with Crippen LogP contribution in [0.5, 0.6) is 0 Å². The van der Waals surface area contributed by atoms with Gasteiger partial charge in [0, 0.05) is 18.7 Å². The predicted molar refractivity (Wildman–Crippen MR) is 125 cm³/mol. The van der Waals surface area contributed by atoms with Crippen molar-refractivity contribution in [1.82, 2.24) is 20.1 Å². The molecule has 0 aliphatic carbocycles. The zero-order valence-electron chi connectivity index (χ0n) is 17.1. The van der Waals surface area contributed by atoms with Gasteiger partial charge in [-0.3, -0.25) is 9.89 Å². The maximum Gasteiger partial charge on any atom is 0.233 e. The van der Waals surface area contributed by atoms with Gasteiger partial charge in [-0.05, 0) is 17.5 Å². The molecule has 0 fully saturated rings. The Kier molecular flexibility index (Phi) is 7.13. The number of aromatic nitrogens is 3. The third-order valence-corrected chi connectivity index (χ3v) is 5.75. The van der Waals surface area contributed by atoms with Crippen LogP contribution in [-0.2, 0) is 17.8 Å². The van der Waals surface area contributed by atoms with E-state index in [4.69, 9.17) is 0 Å². The second kappa shape index (κ2) is 10.6. The highest BCUT2D eigenvalue weighted by molar-refractivity contribution is 7.99. The van der Waals surface area contributed by atoms with Gasteiger partial charge in [0.2, 0.25) is 11.1 Å². The number of hydrogen-bond acceptors (Lipinski definition) is 4. The molecule has 0 unspecified atom stereocenters. The molecule has 6 heteroatoms. The van der Waals surface area contributed by atoms with E-state index in [-0.39, 0.29) is 5.91 Å². The zero-order valence-corrected chi connectivity index (χ0v) is 18.0. The topological polar surface area (TPSA) is 61.9 Å². The van der Waals surface area contributed by atoms with Crippen LogP contribution in [-0.4, -0.2) is 38.3 Å². The molecule has 1 N–H and O–H groups in total. The van der Waals surface area contributed by atoms with E-state index >= 15 is 0 Å². The number of amides is 1. The number of nitrogens with one attached hydrogen (secondary N) is 1. The van der Waals surface area contributed by atoms with Crippen molar-refractivity contribution in [3.05, 3.63) is 102 Å². The second-order valence-electron chi connectivity index (χ2n) is 7.16. The van der Waals surface area contributed by atoms with Gasteiger partial charge in [-0.1, -0.05) is 103 Å². The fraction of sp³-hybridized carbons (Fsp3) is 0.160. The summed E-state index contributed by atoms with van der Waals surface area (Å²) in [6.45, 7) is 1.26. The highest BCUT2D eigenvalue weighted by Gasteiger charge is 2.16.